The second-order valence-corrected chi connectivity index (χ2v) is 18.0. The number of aromatic nitrogens is 2. The molecule has 306 valence electrons. The Balaban J connectivity index is 0.968. The van der Waals surface area contributed by atoms with Gasteiger partial charge in [-0.2, -0.15) is 12.7 Å². The van der Waals surface area contributed by atoms with Gasteiger partial charge < -0.3 is 19.5 Å². The van der Waals surface area contributed by atoms with E-state index in [1.165, 1.54) is 6.20 Å². The number of nitrogens with one attached hydrogen (secondary N) is 2. The quantitative estimate of drug-likeness (QED) is 0.138. The Morgan fingerprint density at radius 1 is 0.930 bits per heavy atom. The molecule has 12 nitrogen and oxygen atoms in total. The molecule has 0 bridgehead atoms. The van der Waals surface area contributed by atoms with E-state index in [-0.39, 0.29) is 31.0 Å². The molecule has 3 aliphatic rings. The highest BCUT2D eigenvalue weighted by molar-refractivity contribution is 7.90. The van der Waals surface area contributed by atoms with Crippen LogP contribution in [0.15, 0.2) is 54.9 Å². The monoisotopic (exact) mass is 809 g/mol. The first-order chi connectivity index (χ1) is 27.1. The summed E-state index contributed by atoms with van der Waals surface area (Å²) in [5.74, 6) is -3.09. The van der Waals surface area contributed by atoms with E-state index in [9.17, 15) is 22.4 Å². The van der Waals surface area contributed by atoms with Crippen LogP contribution < -0.4 is 9.62 Å². The molecule has 3 saturated heterocycles. The molecule has 0 aliphatic carbocycles. The second-order valence-electron chi connectivity index (χ2n) is 16.3. The molecule has 16 heteroatoms. The molecule has 2 aromatic heterocycles. The Morgan fingerprint density at radius 3 is 2.35 bits per heavy atom. The number of carbonyl (C=O) groups excluding carboxylic acids is 2. The standard InChI is InChI=1S/C41H50F3N7O5S/c1-41(2,3)56-36(52)26-49-15-4-14-48(19-20-49)24-27-11-16-50(17-12-27)31-7-5-28(6-8-31)29-21-32-33(23-46-40(32)45-22-29)39(53)37-34(43)9-10-35(38(37)44)47-57(54,55)51-18-13-30(42)25-51/h5-10,21-23,27,30,47H,4,11-20,24-26H2,1-3H3,(H,45,46)/t30-/m1/s1. The van der Waals surface area contributed by atoms with Crippen molar-refractivity contribution in [3.05, 3.63) is 77.6 Å². The van der Waals surface area contributed by atoms with Crippen molar-refractivity contribution in [3.63, 3.8) is 0 Å². The number of esters is 1. The van der Waals surface area contributed by atoms with Crippen molar-refractivity contribution in [2.24, 2.45) is 5.92 Å². The topological polar surface area (TPSA) is 131 Å². The highest BCUT2D eigenvalue weighted by Gasteiger charge is 2.33. The lowest BCUT2D eigenvalue weighted by atomic mass is 9.95. The summed E-state index contributed by atoms with van der Waals surface area (Å²) in [6.07, 6.45) is 4.84. The number of halogens is 3. The average molecular weight is 810 g/mol. The van der Waals surface area contributed by atoms with Crippen LogP contribution in [0.25, 0.3) is 22.2 Å². The number of hydrogen-bond acceptors (Lipinski definition) is 9. The van der Waals surface area contributed by atoms with Gasteiger partial charge in [-0.1, -0.05) is 12.1 Å². The van der Waals surface area contributed by atoms with E-state index in [0.29, 0.717) is 29.1 Å². The van der Waals surface area contributed by atoms with Crippen LogP contribution in [0.3, 0.4) is 0 Å². The largest absolute Gasteiger partial charge is 0.459 e. The minimum absolute atomic E-state index is 0.0118. The zero-order valence-corrected chi connectivity index (χ0v) is 33.4. The van der Waals surface area contributed by atoms with Gasteiger partial charge in [0.15, 0.2) is 5.82 Å². The van der Waals surface area contributed by atoms with Gasteiger partial charge >= 0.3 is 16.2 Å². The lowest BCUT2D eigenvalue weighted by Gasteiger charge is -2.36. The molecular formula is C41H50F3N7O5S. The van der Waals surface area contributed by atoms with Gasteiger partial charge in [-0.25, -0.2) is 18.2 Å². The summed E-state index contributed by atoms with van der Waals surface area (Å²) in [6.45, 7) is 12.2. The van der Waals surface area contributed by atoms with Crippen molar-refractivity contribution in [2.45, 2.75) is 58.2 Å². The molecule has 0 radical (unpaired) electrons. The van der Waals surface area contributed by atoms with Crippen molar-refractivity contribution in [2.75, 3.05) is 75.1 Å². The van der Waals surface area contributed by atoms with Crippen molar-refractivity contribution in [3.8, 4) is 11.1 Å². The summed E-state index contributed by atoms with van der Waals surface area (Å²) < 4.78 is 78.4. The van der Waals surface area contributed by atoms with E-state index in [0.717, 1.165) is 92.8 Å². The van der Waals surface area contributed by atoms with E-state index < -0.39 is 50.7 Å². The fourth-order valence-corrected chi connectivity index (χ4v) is 9.23. The first kappa shape index (κ1) is 40.7. The molecule has 3 fully saturated rings. The van der Waals surface area contributed by atoms with Crippen LogP contribution in [0.4, 0.5) is 24.5 Å². The zero-order valence-electron chi connectivity index (χ0n) is 32.6. The Labute approximate surface area is 331 Å². The lowest BCUT2D eigenvalue weighted by molar-refractivity contribution is -0.156. The molecule has 3 aliphatic heterocycles. The van der Waals surface area contributed by atoms with Gasteiger partial charge in [0.05, 0.1) is 17.8 Å². The molecule has 57 heavy (non-hydrogen) atoms. The van der Waals surface area contributed by atoms with Gasteiger partial charge in [0, 0.05) is 87.0 Å². The Kier molecular flexibility index (Phi) is 12.0. The smallest absolute Gasteiger partial charge is 0.320 e. The van der Waals surface area contributed by atoms with Crippen LogP contribution >= 0.6 is 0 Å². The number of nitrogens with zero attached hydrogens (tertiary/aromatic N) is 5. The molecule has 5 heterocycles. The van der Waals surface area contributed by atoms with E-state index >= 15 is 8.78 Å². The van der Waals surface area contributed by atoms with Gasteiger partial charge in [-0.3, -0.25) is 19.2 Å². The predicted molar refractivity (Wildman–Crippen MR) is 213 cm³/mol. The number of carbonyl (C=O) groups is 2. The third-order valence-corrected chi connectivity index (χ3v) is 12.4. The van der Waals surface area contributed by atoms with Crippen LogP contribution in [0, 0.1) is 17.6 Å². The third kappa shape index (κ3) is 9.62. The third-order valence-electron chi connectivity index (χ3n) is 10.9. The molecule has 4 aromatic rings. The Hall–Kier alpha value is -4.51. The molecular weight excluding hydrogens is 760 g/mol. The van der Waals surface area contributed by atoms with Gasteiger partial charge in [0.2, 0.25) is 5.78 Å². The maximum Gasteiger partial charge on any atom is 0.320 e. The first-order valence-corrected chi connectivity index (χ1v) is 21.0. The molecule has 2 aromatic carbocycles. The first-order valence-electron chi connectivity index (χ1n) is 19.6. The summed E-state index contributed by atoms with van der Waals surface area (Å²) in [5.41, 5.74) is 0.931. The fraction of sp³-hybridized carbons (Fsp3) is 0.488. The molecule has 0 amide bonds. The van der Waals surface area contributed by atoms with E-state index in [1.807, 2.05) is 37.6 Å². The number of H-pyrrole nitrogens is 1. The van der Waals surface area contributed by atoms with Crippen molar-refractivity contribution < 1.29 is 35.9 Å². The Morgan fingerprint density at radius 2 is 1.65 bits per heavy atom. The summed E-state index contributed by atoms with van der Waals surface area (Å²) in [6, 6.07) is 11.5. The number of benzene rings is 2. The molecule has 2 N–H and O–H groups in total. The maximum atomic E-state index is 15.7. The molecule has 1 atom stereocenters. The Bertz CT molecular complexity index is 2200. The number of hydrogen-bond donors (Lipinski definition) is 2. The summed E-state index contributed by atoms with van der Waals surface area (Å²) in [5, 5.41) is 0.347. The van der Waals surface area contributed by atoms with Gasteiger partial charge in [0.25, 0.3) is 0 Å². The van der Waals surface area contributed by atoms with Gasteiger partial charge in [-0.15, -0.1) is 0 Å². The van der Waals surface area contributed by atoms with Crippen molar-refractivity contribution in [1.29, 1.82) is 0 Å². The number of anilines is 2. The molecule has 0 unspecified atom stereocenters. The van der Waals surface area contributed by atoms with Crippen LogP contribution in [0.5, 0.6) is 0 Å². The SMILES string of the molecule is CC(C)(C)OC(=O)CN1CCCN(CC2CCN(c3ccc(-c4cnc5[nH]cc(C(=O)c6c(F)ccc(NS(=O)(=O)N7CC[C@@H](F)C7)c6F)c5c4)cc3)CC2)CC1. The van der Waals surface area contributed by atoms with E-state index in [1.54, 1.807) is 12.3 Å². The highest BCUT2D eigenvalue weighted by Crippen LogP contribution is 2.32. The average Bonchev–Trinajstić information content (AvgIpc) is 3.74. The van der Waals surface area contributed by atoms with Crippen LogP contribution in [-0.4, -0.2) is 121 Å². The van der Waals surface area contributed by atoms with Crippen LogP contribution in [0.1, 0.15) is 62.4 Å². The molecule has 0 saturated carbocycles. The molecule has 7 rings (SSSR count). The minimum atomic E-state index is -4.34. The summed E-state index contributed by atoms with van der Waals surface area (Å²) in [7, 11) is -4.34. The number of aromatic amines is 1. The number of pyridine rings is 1. The van der Waals surface area contributed by atoms with Crippen molar-refractivity contribution >= 4 is 44.4 Å². The normalized spacial score (nSPS) is 19.5. The predicted octanol–water partition coefficient (Wildman–Crippen LogP) is 6.01. The maximum absolute atomic E-state index is 15.7. The summed E-state index contributed by atoms with van der Waals surface area (Å²) >= 11 is 0. The number of rotatable bonds is 11. The van der Waals surface area contributed by atoms with E-state index in [2.05, 4.69) is 36.8 Å². The number of ether oxygens (including phenoxy) is 1. The van der Waals surface area contributed by atoms with Gasteiger partial charge in [-0.05, 0) is 94.8 Å². The van der Waals surface area contributed by atoms with Gasteiger partial charge in [0.1, 0.15) is 23.2 Å². The zero-order chi connectivity index (χ0) is 40.5. The summed E-state index contributed by atoms with van der Waals surface area (Å²) in [4.78, 5) is 40.5. The second kappa shape index (κ2) is 16.8. The number of ketones is 1. The lowest BCUT2D eigenvalue weighted by Crippen LogP contribution is -2.40. The number of fused-ring (bicyclic) bond motifs is 1. The number of piperidine rings is 1. The fourth-order valence-electron chi connectivity index (χ4n) is 7.96. The number of alkyl halides is 1. The van der Waals surface area contributed by atoms with Crippen molar-refractivity contribution in [1.82, 2.24) is 24.1 Å². The van der Waals surface area contributed by atoms with Crippen LogP contribution in [0.2, 0.25) is 0 Å². The minimum Gasteiger partial charge on any atom is -0.459 e. The van der Waals surface area contributed by atoms with E-state index in [4.69, 9.17) is 4.74 Å². The molecule has 0 spiro atoms. The highest BCUT2D eigenvalue weighted by atomic mass is 32.2. The van der Waals surface area contributed by atoms with Crippen LogP contribution in [-0.2, 0) is 19.7 Å².